The molecule has 3 rings (SSSR count). The van der Waals surface area contributed by atoms with E-state index in [1.54, 1.807) is 32.4 Å². The third-order valence-corrected chi connectivity index (χ3v) is 6.03. The summed E-state index contributed by atoms with van der Waals surface area (Å²) in [6.07, 6.45) is 1.95. The van der Waals surface area contributed by atoms with E-state index in [9.17, 15) is 9.59 Å². The second-order valence-corrected chi connectivity index (χ2v) is 8.53. The summed E-state index contributed by atoms with van der Waals surface area (Å²) in [5.41, 5.74) is 1.47. The topological polar surface area (TPSA) is 107 Å². The molecule has 1 heterocycles. The van der Waals surface area contributed by atoms with Gasteiger partial charge in [0.2, 0.25) is 11.8 Å². The molecule has 0 aliphatic heterocycles. The highest BCUT2D eigenvalue weighted by atomic mass is 32.2. The van der Waals surface area contributed by atoms with Crippen LogP contribution < -0.4 is 20.1 Å². The Labute approximate surface area is 208 Å². The van der Waals surface area contributed by atoms with Crippen LogP contribution in [0.3, 0.4) is 0 Å². The van der Waals surface area contributed by atoms with Crippen molar-refractivity contribution in [3.63, 3.8) is 0 Å². The molecule has 2 amide bonds. The van der Waals surface area contributed by atoms with E-state index in [0.717, 1.165) is 11.3 Å². The number of carbonyl (C=O) groups is 2. The minimum atomic E-state index is -0.384. The summed E-state index contributed by atoms with van der Waals surface area (Å²) in [4.78, 5) is 25.1. The van der Waals surface area contributed by atoms with E-state index >= 15 is 0 Å². The second kappa shape index (κ2) is 12.6. The lowest BCUT2D eigenvalue weighted by atomic mass is 10.1. The maximum atomic E-state index is 12.6. The van der Waals surface area contributed by atoms with E-state index in [1.807, 2.05) is 47.9 Å². The zero-order valence-corrected chi connectivity index (χ0v) is 20.8. The number of para-hydroxylation sites is 2. The van der Waals surface area contributed by atoms with Gasteiger partial charge >= 0.3 is 0 Å². The van der Waals surface area contributed by atoms with E-state index in [0.29, 0.717) is 29.0 Å². The predicted molar refractivity (Wildman–Crippen MR) is 136 cm³/mol. The first-order valence-electron chi connectivity index (χ1n) is 11.0. The van der Waals surface area contributed by atoms with E-state index in [4.69, 9.17) is 9.47 Å². The van der Waals surface area contributed by atoms with Crippen LogP contribution in [-0.4, -0.2) is 46.6 Å². The quantitative estimate of drug-likeness (QED) is 0.292. The monoisotopic (exact) mass is 495 g/mol. The molecule has 9 nitrogen and oxygen atoms in total. The Hall–Kier alpha value is -3.79. The van der Waals surface area contributed by atoms with Gasteiger partial charge in [0, 0.05) is 6.54 Å². The number of hydrogen-bond acceptors (Lipinski definition) is 7. The highest BCUT2D eigenvalue weighted by Crippen LogP contribution is 2.25. The first-order chi connectivity index (χ1) is 16.9. The number of anilines is 1. The molecule has 184 valence electrons. The maximum Gasteiger partial charge on any atom is 0.234 e. The van der Waals surface area contributed by atoms with Gasteiger partial charge in [-0.25, -0.2) is 0 Å². The van der Waals surface area contributed by atoms with Crippen molar-refractivity contribution >= 4 is 29.3 Å². The number of nitrogens with one attached hydrogen (secondary N) is 2. The van der Waals surface area contributed by atoms with Crippen molar-refractivity contribution in [2.24, 2.45) is 0 Å². The maximum absolute atomic E-state index is 12.6. The molecule has 0 unspecified atom stereocenters. The van der Waals surface area contributed by atoms with Gasteiger partial charge in [-0.3, -0.25) is 9.59 Å². The van der Waals surface area contributed by atoms with Crippen LogP contribution in [0, 0.1) is 0 Å². The Balaban J connectivity index is 1.61. The fraction of sp³-hybridized carbons (Fsp3) is 0.280. The molecule has 0 saturated carbocycles. The van der Waals surface area contributed by atoms with Crippen LogP contribution in [0.15, 0.2) is 66.3 Å². The number of carbonyl (C=O) groups excluding carboxylic acids is 2. The number of amides is 2. The van der Waals surface area contributed by atoms with Crippen molar-refractivity contribution in [3.05, 3.63) is 72.6 Å². The summed E-state index contributed by atoms with van der Waals surface area (Å²) in [6, 6.07) is 14.2. The van der Waals surface area contributed by atoms with Gasteiger partial charge in [-0.05, 0) is 36.8 Å². The van der Waals surface area contributed by atoms with Gasteiger partial charge < -0.3 is 24.7 Å². The molecule has 0 spiro atoms. The lowest BCUT2D eigenvalue weighted by molar-refractivity contribution is -0.121. The van der Waals surface area contributed by atoms with Gasteiger partial charge in [0.15, 0.2) is 11.0 Å². The van der Waals surface area contributed by atoms with Crippen molar-refractivity contribution in [1.82, 2.24) is 20.1 Å². The van der Waals surface area contributed by atoms with Crippen LogP contribution in [-0.2, 0) is 22.6 Å². The Morgan fingerprint density at radius 2 is 1.83 bits per heavy atom. The number of aromatic nitrogens is 3. The molecule has 0 bridgehead atoms. The summed E-state index contributed by atoms with van der Waals surface area (Å²) in [6.45, 7) is 6.09. The Morgan fingerprint density at radius 3 is 2.51 bits per heavy atom. The van der Waals surface area contributed by atoms with Crippen molar-refractivity contribution < 1.29 is 19.1 Å². The molecule has 10 heteroatoms. The largest absolute Gasteiger partial charge is 0.497 e. The van der Waals surface area contributed by atoms with Crippen LogP contribution >= 0.6 is 11.8 Å². The molecule has 0 aliphatic rings. The summed E-state index contributed by atoms with van der Waals surface area (Å²) in [5, 5.41) is 14.9. The van der Waals surface area contributed by atoms with E-state index in [-0.39, 0.29) is 30.0 Å². The van der Waals surface area contributed by atoms with Gasteiger partial charge in [-0.1, -0.05) is 42.1 Å². The SMILES string of the molecule is C=CCn1c(SCC(=O)Nc2ccccc2OC)nnc1[C@H](C)NC(=O)Cc1ccc(OC)cc1. The number of nitrogens with zero attached hydrogens (tertiary/aromatic N) is 3. The molecule has 0 radical (unpaired) electrons. The molecule has 0 aliphatic carbocycles. The number of methoxy groups -OCH3 is 2. The van der Waals surface area contributed by atoms with Gasteiger partial charge in [0.05, 0.1) is 38.1 Å². The molecule has 35 heavy (non-hydrogen) atoms. The number of thioether (sulfide) groups is 1. The molecule has 2 N–H and O–H groups in total. The molecule has 0 saturated heterocycles. The number of hydrogen-bond donors (Lipinski definition) is 2. The normalized spacial score (nSPS) is 11.4. The minimum Gasteiger partial charge on any atom is -0.497 e. The number of allylic oxidation sites excluding steroid dienone is 1. The zero-order chi connectivity index (χ0) is 25.2. The van der Waals surface area contributed by atoms with Crippen LogP contribution in [0.5, 0.6) is 11.5 Å². The first kappa shape index (κ1) is 25.8. The Bertz CT molecular complexity index is 1160. The summed E-state index contributed by atoms with van der Waals surface area (Å²) in [7, 11) is 3.15. The lowest BCUT2D eigenvalue weighted by Crippen LogP contribution is -2.30. The summed E-state index contributed by atoms with van der Waals surface area (Å²) >= 11 is 1.26. The van der Waals surface area contributed by atoms with Crippen LogP contribution in [0.2, 0.25) is 0 Å². The molecule has 3 aromatic rings. The fourth-order valence-corrected chi connectivity index (χ4v) is 4.13. The van der Waals surface area contributed by atoms with Crippen molar-refractivity contribution in [3.8, 4) is 11.5 Å². The number of ether oxygens (including phenoxy) is 2. The van der Waals surface area contributed by atoms with Gasteiger partial charge in [-0.2, -0.15) is 0 Å². The Kier molecular flexibility index (Phi) is 9.31. The fourth-order valence-electron chi connectivity index (χ4n) is 3.38. The van der Waals surface area contributed by atoms with Crippen molar-refractivity contribution in [2.75, 3.05) is 25.3 Å². The average Bonchev–Trinajstić information content (AvgIpc) is 3.26. The predicted octanol–water partition coefficient (Wildman–Crippen LogP) is 3.63. The van der Waals surface area contributed by atoms with E-state index in [1.165, 1.54) is 11.8 Å². The van der Waals surface area contributed by atoms with E-state index < -0.39 is 0 Å². The summed E-state index contributed by atoms with van der Waals surface area (Å²) in [5.74, 6) is 1.70. The smallest absolute Gasteiger partial charge is 0.234 e. The highest BCUT2D eigenvalue weighted by Gasteiger charge is 2.20. The molecular formula is C25H29N5O4S. The summed E-state index contributed by atoms with van der Waals surface area (Å²) < 4.78 is 12.3. The number of rotatable bonds is 12. The standard InChI is InChI=1S/C25H29N5O4S/c1-5-14-30-24(17(2)26-22(31)15-18-10-12-19(33-3)13-11-18)28-29-25(30)35-16-23(32)27-20-8-6-7-9-21(20)34-4/h5-13,17H,1,14-16H2,2-4H3,(H,26,31)(H,27,32)/t17-/m0/s1. The average molecular weight is 496 g/mol. The Morgan fingerprint density at radius 1 is 1.09 bits per heavy atom. The van der Waals surface area contributed by atoms with Crippen LogP contribution in [0.25, 0.3) is 0 Å². The van der Waals surface area contributed by atoms with Crippen LogP contribution in [0.1, 0.15) is 24.4 Å². The molecular weight excluding hydrogens is 466 g/mol. The molecule has 1 aromatic heterocycles. The molecule has 2 aromatic carbocycles. The number of benzene rings is 2. The minimum absolute atomic E-state index is 0.130. The van der Waals surface area contributed by atoms with Crippen molar-refractivity contribution in [2.45, 2.75) is 31.1 Å². The molecule has 0 fully saturated rings. The second-order valence-electron chi connectivity index (χ2n) is 7.59. The van der Waals surface area contributed by atoms with Gasteiger partial charge in [-0.15, -0.1) is 16.8 Å². The third kappa shape index (κ3) is 7.10. The highest BCUT2D eigenvalue weighted by molar-refractivity contribution is 7.99. The first-order valence-corrected chi connectivity index (χ1v) is 12.0. The van der Waals surface area contributed by atoms with Gasteiger partial charge in [0.25, 0.3) is 0 Å². The van der Waals surface area contributed by atoms with Crippen molar-refractivity contribution in [1.29, 1.82) is 0 Å². The third-order valence-electron chi connectivity index (χ3n) is 5.06. The van der Waals surface area contributed by atoms with Crippen LogP contribution in [0.4, 0.5) is 5.69 Å². The lowest BCUT2D eigenvalue weighted by Gasteiger charge is -2.15. The zero-order valence-electron chi connectivity index (χ0n) is 20.0. The molecule has 1 atom stereocenters. The van der Waals surface area contributed by atoms with Gasteiger partial charge in [0.1, 0.15) is 11.5 Å². The van der Waals surface area contributed by atoms with E-state index in [2.05, 4.69) is 27.4 Å².